The van der Waals surface area contributed by atoms with Gasteiger partial charge in [-0.15, -0.1) is 0 Å². The Morgan fingerprint density at radius 3 is 3.06 bits per heavy atom. The lowest BCUT2D eigenvalue weighted by Crippen LogP contribution is -2.57. The van der Waals surface area contributed by atoms with E-state index in [9.17, 15) is 9.59 Å². The fourth-order valence-corrected chi connectivity index (χ4v) is 2.61. The number of hydrogen-bond donors (Lipinski definition) is 1. The number of hydrogen-bond acceptors (Lipinski definition) is 4. The summed E-state index contributed by atoms with van der Waals surface area (Å²) in [5.74, 6) is 0.167. The molecule has 2 heterocycles. The van der Waals surface area contributed by atoms with Gasteiger partial charge < -0.3 is 10.2 Å². The molecule has 1 saturated heterocycles. The van der Waals surface area contributed by atoms with Gasteiger partial charge in [-0.1, -0.05) is 13.8 Å². The molecule has 0 spiro atoms. The second-order valence-electron chi connectivity index (χ2n) is 4.82. The summed E-state index contributed by atoms with van der Waals surface area (Å²) in [4.78, 5) is 25.8. The fourth-order valence-electron chi connectivity index (χ4n) is 2.11. The van der Waals surface area contributed by atoms with Crippen LogP contribution in [0.1, 0.15) is 30.8 Å². The van der Waals surface area contributed by atoms with Gasteiger partial charge in [0.05, 0.1) is 0 Å². The van der Waals surface area contributed by atoms with E-state index in [4.69, 9.17) is 0 Å². The minimum absolute atomic E-state index is 0.0569. The van der Waals surface area contributed by atoms with Gasteiger partial charge in [-0.05, 0) is 29.9 Å². The van der Waals surface area contributed by atoms with Crippen LogP contribution in [0.5, 0.6) is 0 Å². The third-order valence-electron chi connectivity index (χ3n) is 2.94. The molecule has 2 rings (SSSR count). The first-order chi connectivity index (χ1) is 8.59. The molecule has 98 valence electrons. The fraction of sp³-hybridized carbons (Fsp3) is 0.583. The molecular weight excluding hydrogens is 250 g/mol. The highest BCUT2D eigenvalue weighted by atomic mass is 32.1. The van der Waals surface area contributed by atoms with Crippen LogP contribution < -0.4 is 5.32 Å². The molecule has 0 aromatic carbocycles. The maximum absolute atomic E-state index is 12.3. The predicted octanol–water partition coefficient (Wildman–Crippen LogP) is 1.13. The molecule has 1 aromatic rings. The van der Waals surface area contributed by atoms with Crippen LogP contribution in [0.2, 0.25) is 0 Å². The summed E-state index contributed by atoms with van der Waals surface area (Å²) in [5, 5.41) is 4.59. The number of amides is 2. The second kappa shape index (κ2) is 5.48. The molecule has 5 nitrogen and oxygen atoms in total. The molecule has 0 unspecified atom stereocenters. The monoisotopic (exact) mass is 267 g/mol. The highest BCUT2D eigenvalue weighted by molar-refractivity contribution is 7.03. The zero-order chi connectivity index (χ0) is 13.1. The summed E-state index contributed by atoms with van der Waals surface area (Å²) in [6.45, 7) is 5.17. The first kappa shape index (κ1) is 13.0. The lowest BCUT2D eigenvalue weighted by molar-refractivity contribution is -0.128. The highest BCUT2D eigenvalue weighted by Gasteiger charge is 2.34. The number of carbonyl (C=O) groups excluding carboxylic acids is 2. The standard InChI is InChI=1S/C12H17N3O2S/c1-8(2)7-10-11(16)13-4-5-15(10)12(17)9-3-6-18-14-9/h3,6,8,10H,4-5,7H2,1-2H3,(H,13,16)/t10-/m1/s1. The number of nitrogens with zero attached hydrogens (tertiary/aromatic N) is 2. The number of rotatable bonds is 3. The molecule has 1 aliphatic rings. The Hall–Kier alpha value is -1.43. The van der Waals surface area contributed by atoms with Gasteiger partial charge >= 0.3 is 0 Å². The molecule has 1 atom stereocenters. The molecule has 1 aromatic heterocycles. The zero-order valence-corrected chi connectivity index (χ0v) is 11.4. The van der Waals surface area contributed by atoms with Crippen molar-refractivity contribution in [2.24, 2.45) is 5.92 Å². The Kier molecular flexibility index (Phi) is 3.96. The molecule has 0 saturated carbocycles. The van der Waals surface area contributed by atoms with E-state index < -0.39 is 0 Å². The van der Waals surface area contributed by atoms with E-state index in [-0.39, 0.29) is 17.9 Å². The van der Waals surface area contributed by atoms with Crippen molar-refractivity contribution in [3.05, 3.63) is 17.1 Å². The lowest BCUT2D eigenvalue weighted by Gasteiger charge is -2.35. The smallest absolute Gasteiger partial charge is 0.274 e. The number of carbonyl (C=O) groups is 2. The van der Waals surface area contributed by atoms with Crippen LogP contribution in [0.4, 0.5) is 0 Å². The van der Waals surface area contributed by atoms with Crippen LogP contribution in [0.15, 0.2) is 11.4 Å². The van der Waals surface area contributed by atoms with Crippen LogP contribution in [0, 0.1) is 5.92 Å². The van der Waals surface area contributed by atoms with E-state index in [0.717, 1.165) is 0 Å². The van der Waals surface area contributed by atoms with Crippen molar-refractivity contribution >= 4 is 23.3 Å². The summed E-state index contributed by atoms with van der Waals surface area (Å²) in [6.07, 6.45) is 0.682. The normalized spacial score (nSPS) is 20.1. The average molecular weight is 267 g/mol. The van der Waals surface area contributed by atoms with Gasteiger partial charge in [-0.2, -0.15) is 4.37 Å². The van der Waals surface area contributed by atoms with Crippen LogP contribution in [-0.2, 0) is 4.79 Å². The van der Waals surface area contributed by atoms with Gasteiger partial charge in [0.15, 0.2) is 0 Å². The van der Waals surface area contributed by atoms with Crippen molar-refractivity contribution in [2.45, 2.75) is 26.3 Å². The first-order valence-corrected chi connectivity index (χ1v) is 6.92. The van der Waals surface area contributed by atoms with Crippen molar-refractivity contribution in [1.82, 2.24) is 14.6 Å². The van der Waals surface area contributed by atoms with E-state index in [1.54, 1.807) is 16.3 Å². The van der Waals surface area contributed by atoms with Gasteiger partial charge in [0.25, 0.3) is 5.91 Å². The van der Waals surface area contributed by atoms with Crippen molar-refractivity contribution in [3.8, 4) is 0 Å². The van der Waals surface area contributed by atoms with E-state index in [2.05, 4.69) is 9.69 Å². The summed E-state index contributed by atoms with van der Waals surface area (Å²) in [5.41, 5.74) is 0.434. The highest BCUT2D eigenvalue weighted by Crippen LogP contribution is 2.17. The van der Waals surface area contributed by atoms with Gasteiger partial charge in [0.2, 0.25) is 5.91 Å². The maximum atomic E-state index is 12.3. The van der Waals surface area contributed by atoms with Crippen LogP contribution in [-0.4, -0.2) is 40.2 Å². The van der Waals surface area contributed by atoms with Gasteiger partial charge in [0.1, 0.15) is 11.7 Å². The van der Waals surface area contributed by atoms with Crippen LogP contribution in [0.25, 0.3) is 0 Å². The molecule has 2 amide bonds. The predicted molar refractivity (Wildman–Crippen MR) is 69.4 cm³/mol. The second-order valence-corrected chi connectivity index (χ2v) is 5.49. The molecule has 1 N–H and O–H groups in total. The van der Waals surface area contributed by atoms with Gasteiger partial charge in [-0.25, -0.2) is 0 Å². The Bertz CT molecular complexity index is 431. The molecule has 0 bridgehead atoms. The lowest BCUT2D eigenvalue weighted by atomic mass is 10.00. The molecule has 1 fully saturated rings. The molecule has 1 aliphatic heterocycles. The quantitative estimate of drug-likeness (QED) is 0.893. The largest absolute Gasteiger partial charge is 0.353 e. The van der Waals surface area contributed by atoms with Gasteiger partial charge in [-0.3, -0.25) is 9.59 Å². The van der Waals surface area contributed by atoms with Crippen molar-refractivity contribution in [1.29, 1.82) is 0 Å². The van der Waals surface area contributed by atoms with Crippen molar-refractivity contribution < 1.29 is 9.59 Å². The van der Waals surface area contributed by atoms with Crippen molar-refractivity contribution in [2.75, 3.05) is 13.1 Å². The van der Waals surface area contributed by atoms with Crippen LogP contribution >= 0.6 is 11.5 Å². The molecule has 6 heteroatoms. The van der Waals surface area contributed by atoms with E-state index >= 15 is 0 Å². The Morgan fingerprint density at radius 1 is 1.67 bits per heavy atom. The van der Waals surface area contributed by atoms with E-state index in [1.807, 2.05) is 13.8 Å². The zero-order valence-electron chi connectivity index (χ0n) is 10.5. The Morgan fingerprint density at radius 2 is 2.44 bits per heavy atom. The Labute approximate surface area is 110 Å². The van der Waals surface area contributed by atoms with Crippen molar-refractivity contribution in [3.63, 3.8) is 0 Å². The summed E-state index contributed by atoms with van der Waals surface area (Å²) in [7, 11) is 0. The summed E-state index contributed by atoms with van der Waals surface area (Å²) in [6, 6.07) is 1.33. The number of piperazine rings is 1. The third-order valence-corrected chi connectivity index (χ3v) is 3.50. The average Bonchev–Trinajstić information content (AvgIpc) is 2.84. The summed E-state index contributed by atoms with van der Waals surface area (Å²) >= 11 is 1.25. The Balaban J connectivity index is 2.17. The minimum Gasteiger partial charge on any atom is -0.353 e. The number of aromatic nitrogens is 1. The SMILES string of the molecule is CC(C)C[C@@H]1C(=O)NCCN1C(=O)c1ccsn1. The minimum atomic E-state index is -0.368. The maximum Gasteiger partial charge on any atom is 0.274 e. The third kappa shape index (κ3) is 2.69. The summed E-state index contributed by atoms with van der Waals surface area (Å²) < 4.78 is 4.05. The molecule has 0 aliphatic carbocycles. The van der Waals surface area contributed by atoms with E-state index in [1.165, 1.54) is 11.5 Å². The molecular formula is C12H17N3O2S. The number of nitrogens with one attached hydrogen (secondary N) is 1. The topological polar surface area (TPSA) is 62.3 Å². The molecule has 0 radical (unpaired) electrons. The van der Waals surface area contributed by atoms with E-state index in [0.29, 0.717) is 31.1 Å². The first-order valence-electron chi connectivity index (χ1n) is 6.08. The van der Waals surface area contributed by atoms with Crippen LogP contribution in [0.3, 0.4) is 0 Å². The molecule has 18 heavy (non-hydrogen) atoms. The van der Waals surface area contributed by atoms with Gasteiger partial charge in [0, 0.05) is 18.5 Å².